The van der Waals surface area contributed by atoms with E-state index >= 15 is 0 Å². The monoisotopic (exact) mass is 372 g/mol. The van der Waals surface area contributed by atoms with Gasteiger partial charge in [-0.05, 0) is 28.7 Å². The molecular weight excluding hydrogens is 348 g/mol. The minimum Gasteiger partial charge on any atom is -0.483 e. The van der Waals surface area contributed by atoms with E-state index in [4.69, 9.17) is 4.74 Å². The second-order valence-electron chi connectivity index (χ2n) is 6.77. The molecule has 0 aliphatic carbocycles. The Balaban J connectivity index is 1.55. The maximum atomic E-state index is 12.0. The number of hydrazone groups is 1. The third-order valence-electron chi connectivity index (χ3n) is 4.34. The van der Waals surface area contributed by atoms with E-state index in [1.165, 1.54) is 5.56 Å². The zero-order valence-electron chi connectivity index (χ0n) is 16.1. The van der Waals surface area contributed by atoms with Crippen molar-refractivity contribution in [3.63, 3.8) is 0 Å². The van der Waals surface area contributed by atoms with Gasteiger partial charge in [-0.3, -0.25) is 4.79 Å². The summed E-state index contributed by atoms with van der Waals surface area (Å²) in [7, 11) is 0. The fraction of sp³-hybridized carbons (Fsp3) is 0.167. The maximum absolute atomic E-state index is 12.0. The normalized spacial score (nSPS) is 11.0. The molecule has 28 heavy (non-hydrogen) atoms. The van der Waals surface area contributed by atoms with Crippen LogP contribution < -0.4 is 10.2 Å². The van der Waals surface area contributed by atoms with Crippen molar-refractivity contribution in [1.29, 1.82) is 0 Å². The molecule has 142 valence electrons. The Morgan fingerprint density at radius 3 is 2.36 bits per heavy atom. The molecule has 0 aliphatic heterocycles. The van der Waals surface area contributed by atoms with Gasteiger partial charge in [-0.2, -0.15) is 5.10 Å². The molecule has 0 aliphatic rings. The highest BCUT2D eigenvalue weighted by atomic mass is 16.5. The Kier molecular flexibility index (Phi) is 6.58. The lowest BCUT2D eigenvalue weighted by atomic mass is 10.0. The molecule has 0 fully saturated rings. The second-order valence-corrected chi connectivity index (χ2v) is 6.77. The average Bonchev–Trinajstić information content (AvgIpc) is 2.73. The standard InChI is InChI=1S/C24H24N2O2/c1-18(2)20-14-12-19(13-15-20)16-25-26-24(27)17-28-23-11-7-6-10-22(23)21-8-4-3-5-9-21/h3-16,18H,17H2,1-2H3,(H,26,27). The van der Waals surface area contributed by atoms with Crippen LogP contribution >= 0.6 is 0 Å². The number of amides is 1. The molecule has 0 saturated carbocycles. The van der Waals surface area contributed by atoms with Gasteiger partial charge in [0.25, 0.3) is 5.91 Å². The number of nitrogens with one attached hydrogen (secondary N) is 1. The molecule has 3 aromatic rings. The zero-order chi connectivity index (χ0) is 19.8. The van der Waals surface area contributed by atoms with E-state index in [-0.39, 0.29) is 12.5 Å². The van der Waals surface area contributed by atoms with Gasteiger partial charge in [0.15, 0.2) is 6.61 Å². The number of nitrogens with zero attached hydrogens (tertiary/aromatic N) is 1. The van der Waals surface area contributed by atoms with Crippen LogP contribution in [0.1, 0.15) is 30.9 Å². The quantitative estimate of drug-likeness (QED) is 0.468. The number of carbonyl (C=O) groups excluding carboxylic acids is 1. The van der Waals surface area contributed by atoms with Crippen LogP contribution in [0, 0.1) is 0 Å². The Bertz CT molecular complexity index is 932. The van der Waals surface area contributed by atoms with Gasteiger partial charge >= 0.3 is 0 Å². The molecule has 0 unspecified atom stereocenters. The summed E-state index contributed by atoms with van der Waals surface area (Å²) < 4.78 is 5.71. The van der Waals surface area contributed by atoms with Crippen molar-refractivity contribution in [3.05, 3.63) is 90.0 Å². The molecule has 3 aromatic carbocycles. The second kappa shape index (κ2) is 9.51. The fourth-order valence-electron chi connectivity index (χ4n) is 2.77. The molecule has 1 amide bonds. The van der Waals surface area contributed by atoms with Gasteiger partial charge in [0.2, 0.25) is 0 Å². The predicted molar refractivity (Wildman–Crippen MR) is 114 cm³/mol. The molecule has 0 spiro atoms. The lowest BCUT2D eigenvalue weighted by Gasteiger charge is -2.10. The van der Waals surface area contributed by atoms with E-state index in [2.05, 4.69) is 36.5 Å². The van der Waals surface area contributed by atoms with Gasteiger partial charge in [-0.25, -0.2) is 5.43 Å². The zero-order valence-corrected chi connectivity index (χ0v) is 16.1. The Morgan fingerprint density at radius 2 is 1.64 bits per heavy atom. The van der Waals surface area contributed by atoms with Gasteiger partial charge in [0.1, 0.15) is 5.75 Å². The summed E-state index contributed by atoms with van der Waals surface area (Å²) in [5, 5.41) is 4.00. The maximum Gasteiger partial charge on any atom is 0.277 e. The number of rotatable bonds is 7. The summed E-state index contributed by atoms with van der Waals surface area (Å²) in [6, 6.07) is 25.7. The third kappa shape index (κ3) is 5.30. The fourth-order valence-corrected chi connectivity index (χ4v) is 2.77. The number of benzene rings is 3. The summed E-state index contributed by atoms with van der Waals surface area (Å²) in [5.74, 6) is 0.844. The Labute approximate surface area is 165 Å². The van der Waals surface area contributed by atoms with Gasteiger partial charge in [-0.15, -0.1) is 0 Å². The van der Waals surface area contributed by atoms with E-state index in [0.717, 1.165) is 16.7 Å². The first-order valence-corrected chi connectivity index (χ1v) is 9.32. The topological polar surface area (TPSA) is 50.7 Å². The number of hydrogen-bond donors (Lipinski definition) is 1. The first kappa shape index (κ1) is 19.4. The van der Waals surface area contributed by atoms with Crippen LogP contribution in [0.15, 0.2) is 84.0 Å². The van der Waals surface area contributed by atoms with Crippen molar-refractivity contribution >= 4 is 12.1 Å². The minimum atomic E-state index is -0.307. The predicted octanol–water partition coefficient (Wildman–Crippen LogP) is 5.01. The summed E-state index contributed by atoms with van der Waals surface area (Å²) in [4.78, 5) is 12.0. The molecule has 0 atom stereocenters. The number of para-hydroxylation sites is 1. The molecule has 0 radical (unpaired) electrons. The van der Waals surface area contributed by atoms with Crippen molar-refractivity contribution in [1.82, 2.24) is 5.43 Å². The largest absolute Gasteiger partial charge is 0.483 e. The smallest absolute Gasteiger partial charge is 0.277 e. The van der Waals surface area contributed by atoms with E-state index in [1.807, 2.05) is 66.7 Å². The van der Waals surface area contributed by atoms with Crippen molar-refractivity contribution in [2.75, 3.05) is 6.61 Å². The van der Waals surface area contributed by atoms with Gasteiger partial charge < -0.3 is 4.74 Å². The summed E-state index contributed by atoms with van der Waals surface area (Å²) in [6.07, 6.45) is 1.62. The number of hydrogen-bond acceptors (Lipinski definition) is 3. The van der Waals surface area contributed by atoms with E-state index < -0.39 is 0 Å². The molecule has 4 nitrogen and oxygen atoms in total. The van der Waals surface area contributed by atoms with Gasteiger partial charge in [0.05, 0.1) is 6.21 Å². The van der Waals surface area contributed by atoms with Crippen LogP contribution in [0.3, 0.4) is 0 Å². The van der Waals surface area contributed by atoms with Crippen LogP contribution in [0.5, 0.6) is 5.75 Å². The lowest BCUT2D eigenvalue weighted by molar-refractivity contribution is -0.123. The Hall–Kier alpha value is -3.40. The summed E-state index contributed by atoms with van der Waals surface area (Å²) in [6.45, 7) is 4.20. The molecule has 3 rings (SSSR count). The van der Waals surface area contributed by atoms with Crippen LogP contribution in [0.4, 0.5) is 0 Å². The van der Waals surface area contributed by atoms with Crippen LogP contribution in [0.2, 0.25) is 0 Å². The third-order valence-corrected chi connectivity index (χ3v) is 4.34. The SMILES string of the molecule is CC(C)c1ccc(C=NNC(=O)COc2ccccc2-c2ccccc2)cc1. The van der Waals surface area contributed by atoms with Crippen LogP contribution in [0.25, 0.3) is 11.1 Å². The van der Waals surface area contributed by atoms with Crippen LogP contribution in [-0.2, 0) is 4.79 Å². The molecule has 4 heteroatoms. The summed E-state index contributed by atoms with van der Waals surface area (Å²) in [5.41, 5.74) is 6.70. The number of carbonyl (C=O) groups is 1. The first-order chi connectivity index (χ1) is 13.6. The average molecular weight is 372 g/mol. The van der Waals surface area contributed by atoms with Gasteiger partial charge in [-0.1, -0.05) is 86.6 Å². The first-order valence-electron chi connectivity index (χ1n) is 9.32. The minimum absolute atomic E-state index is 0.104. The highest BCUT2D eigenvalue weighted by Gasteiger charge is 2.07. The molecule has 0 aromatic heterocycles. The van der Waals surface area contributed by atoms with E-state index in [9.17, 15) is 4.79 Å². The molecule has 1 N–H and O–H groups in total. The summed E-state index contributed by atoms with van der Waals surface area (Å²) >= 11 is 0. The van der Waals surface area contributed by atoms with E-state index in [0.29, 0.717) is 11.7 Å². The highest BCUT2D eigenvalue weighted by molar-refractivity contribution is 5.83. The molecule has 0 saturated heterocycles. The molecule has 0 bridgehead atoms. The molecular formula is C24H24N2O2. The lowest BCUT2D eigenvalue weighted by Crippen LogP contribution is -2.24. The van der Waals surface area contributed by atoms with Crippen molar-refractivity contribution in [3.8, 4) is 16.9 Å². The molecule has 0 heterocycles. The van der Waals surface area contributed by atoms with Crippen LogP contribution in [-0.4, -0.2) is 18.7 Å². The highest BCUT2D eigenvalue weighted by Crippen LogP contribution is 2.29. The van der Waals surface area contributed by atoms with Gasteiger partial charge in [0, 0.05) is 5.56 Å². The van der Waals surface area contributed by atoms with E-state index in [1.54, 1.807) is 6.21 Å². The van der Waals surface area contributed by atoms with Crippen molar-refractivity contribution < 1.29 is 9.53 Å². The van der Waals surface area contributed by atoms with Crippen molar-refractivity contribution in [2.24, 2.45) is 5.10 Å². The van der Waals surface area contributed by atoms with Crippen molar-refractivity contribution in [2.45, 2.75) is 19.8 Å². The number of ether oxygens (including phenoxy) is 1. The Morgan fingerprint density at radius 1 is 0.964 bits per heavy atom.